The number of ether oxygens (including phenoxy) is 1. The van der Waals surface area contributed by atoms with Crippen molar-refractivity contribution in [2.24, 2.45) is 5.92 Å². The maximum absolute atomic E-state index is 6.16. The molecule has 1 atom stereocenters. The van der Waals surface area contributed by atoms with E-state index in [0.29, 0.717) is 16.0 Å². The lowest BCUT2D eigenvalue weighted by atomic mass is 10.0. The standard InChI is InChI=1S/C14H21Cl2NO/c1-11(10-17-8-9-18-2)6-7-12-4-3-5-13(15)14(12)16/h3-5,11,17H,6-10H2,1-2H3. The Labute approximate surface area is 120 Å². The molecule has 2 nitrogen and oxygen atoms in total. The van der Waals surface area contributed by atoms with Gasteiger partial charge in [-0.05, 0) is 36.9 Å². The van der Waals surface area contributed by atoms with Crippen LogP contribution in [0.4, 0.5) is 0 Å². The van der Waals surface area contributed by atoms with Gasteiger partial charge >= 0.3 is 0 Å². The summed E-state index contributed by atoms with van der Waals surface area (Å²) in [6.07, 6.45) is 2.06. The molecule has 0 aliphatic carbocycles. The third-order valence-corrected chi connectivity index (χ3v) is 3.77. The predicted molar refractivity (Wildman–Crippen MR) is 78.7 cm³/mol. The lowest BCUT2D eigenvalue weighted by Gasteiger charge is -2.13. The third-order valence-electron chi connectivity index (χ3n) is 2.91. The minimum Gasteiger partial charge on any atom is -0.383 e. The molecule has 1 aromatic rings. The molecular formula is C14H21Cl2NO. The van der Waals surface area contributed by atoms with Gasteiger partial charge in [-0.25, -0.2) is 0 Å². The van der Waals surface area contributed by atoms with Crippen molar-refractivity contribution in [2.45, 2.75) is 19.8 Å². The fraction of sp³-hybridized carbons (Fsp3) is 0.571. The molecule has 18 heavy (non-hydrogen) atoms. The fourth-order valence-corrected chi connectivity index (χ4v) is 2.18. The zero-order valence-corrected chi connectivity index (χ0v) is 12.5. The van der Waals surface area contributed by atoms with E-state index >= 15 is 0 Å². The summed E-state index contributed by atoms with van der Waals surface area (Å²) >= 11 is 12.1. The van der Waals surface area contributed by atoms with Crippen molar-refractivity contribution >= 4 is 23.2 Å². The quantitative estimate of drug-likeness (QED) is 0.735. The maximum atomic E-state index is 6.16. The highest BCUT2D eigenvalue weighted by Crippen LogP contribution is 2.26. The molecule has 1 unspecified atom stereocenters. The lowest BCUT2D eigenvalue weighted by Crippen LogP contribution is -2.25. The van der Waals surface area contributed by atoms with E-state index in [4.69, 9.17) is 27.9 Å². The third kappa shape index (κ3) is 5.57. The molecule has 0 saturated heterocycles. The van der Waals surface area contributed by atoms with E-state index in [9.17, 15) is 0 Å². The predicted octanol–water partition coefficient (Wildman–Crippen LogP) is 3.80. The minimum absolute atomic E-state index is 0.608. The number of hydrogen-bond acceptors (Lipinski definition) is 2. The van der Waals surface area contributed by atoms with Crippen LogP contribution < -0.4 is 5.32 Å². The van der Waals surface area contributed by atoms with Crippen molar-refractivity contribution in [3.63, 3.8) is 0 Å². The molecule has 0 aromatic heterocycles. The zero-order valence-electron chi connectivity index (χ0n) is 11.0. The second-order valence-corrected chi connectivity index (χ2v) is 5.34. The summed E-state index contributed by atoms with van der Waals surface area (Å²) in [5.41, 5.74) is 1.13. The Balaban J connectivity index is 2.29. The van der Waals surface area contributed by atoms with Crippen LogP contribution in [-0.2, 0) is 11.2 Å². The van der Waals surface area contributed by atoms with Crippen molar-refractivity contribution in [3.05, 3.63) is 33.8 Å². The van der Waals surface area contributed by atoms with Crippen LogP contribution >= 0.6 is 23.2 Å². The van der Waals surface area contributed by atoms with E-state index in [1.165, 1.54) is 0 Å². The summed E-state index contributed by atoms with van der Waals surface area (Å²) in [5.74, 6) is 0.608. The Morgan fingerprint density at radius 3 is 2.83 bits per heavy atom. The van der Waals surface area contributed by atoms with E-state index in [2.05, 4.69) is 12.2 Å². The highest BCUT2D eigenvalue weighted by atomic mass is 35.5. The Kier molecular flexibility index (Phi) is 7.68. The first-order valence-corrected chi connectivity index (χ1v) is 7.03. The fourth-order valence-electron chi connectivity index (χ4n) is 1.77. The molecule has 0 fully saturated rings. The SMILES string of the molecule is COCCNCC(C)CCc1cccc(Cl)c1Cl. The van der Waals surface area contributed by atoms with Crippen LogP contribution in [0.1, 0.15) is 18.9 Å². The van der Waals surface area contributed by atoms with Gasteiger partial charge in [0.2, 0.25) is 0 Å². The van der Waals surface area contributed by atoms with Crippen LogP contribution in [0.3, 0.4) is 0 Å². The molecule has 0 heterocycles. The highest BCUT2D eigenvalue weighted by Gasteiger charge is 2.07. The average Bonchev–Trinajstić information content (AvgIpc) is 2.36. The molecule has 4 heteroatoms. The first kappa shape index (κ1) is 15.8. The normalized spacial score (nSPS) is 12.7. The number of methoxy groups -OCH3 is 1. The molecule has 1 rings (SSSR count). The van der Waals surface area contributed by atoms with Crippen LogP contribution in [0.15, 0.2) is 18.2 Å². The Morgan fingerprint density at radius 2 is 2.11 bits per heavy atom. The van der Waals surface area contributed by atoms with E-state index in [-0.39, 0.29) is 0 Å². The van der Waals surface area contributed by atoms with Gasteiger partial charge in [0, 0.05) is 13.7 Å². The summed E-state index contributed by atoms with van der Waals surface area (Å²) in [6.45, 7) is 4.89. The second-order valence-electron chi connectivity index (χ2n) is 4.55. The van der Waals surface area contributed by atoms with Gasteiger partial charge in [0.15, 0.2) is 0 Å². The van der Waals surface area contributed by atoms with Gasteiger partial charge < -0.3 is 10.1 Å². The monoisotopic (exact) mass is 289 g/mol. The summed E-state index contributed by atoms with van der Waals surface area (Å²) < 4.78 is 4.99. The number of halogens is 2. The van der Waals surface area contributed by atoms with E-state index in [0.717, 1.165) is 38.1 Å². The minimum atomic E-state index is 0.608. The van der Waals surface area contributed by atoms with Crippen LogP contribution in [0, 0.1) is 5.92 Å². The van der Waals surface area contributed by atoms with Gasteiger partial charge in [-0.15, -0.1) is 0 Å². The Hall–Kier alpha value is -0.280. The summed E-state index contributed by atoms with van der Waals surface area (Å²) in [6, 6.07) is 5.81. The molecule has 1 aromatic carbocycles. The van der Waals surface area contributed by atoms with Crippen LogP contribution in [0.25, 0.3) is 0 Å². The lowest BCUT2D eigenvalue weighted by molar-refractivity contribution is 0.198. The Bertz CT molecular complexity index is 358. The van der Waals surface area contributed by atoms with Crippen LogP contribution in [-0.4, -0.2) is 26.8 Å². The summed E-state index contributed by atoms with van der Waals surface area (Å²) in [5, 5.41) is 4.70. The molecule has 0 aliphatic rings. The maximum Gasteiger partial charge on any atom is 0.0624 e. The molecular weight excluding hydrogens is 269 g/mol. The molecule has 102 valence electrons. The molecule has 0 radical (unpaired) electrons. The Morgan fingerprint density at radius 1 is 1.33 bits per heavy atom. The van der Waals surface area contributed by atoms with Crippen molar-refractivity contribution in [3.8, 4) is 0 Å². The molecule has 0 aliphatic heterocycles. The van der Waals surface area contributed by atoms with Gasteiger partial charge in [-0.1, -0.05) is 42.3 Å². The molecule has 0 saturated carbocycles. The zero-order chi connectivity index (χ0) is 13.4. The average molecular weight is 290 g/mol. The van der Waals surface area contributed by atoms with Crippen molar-refractivity contribution in [1.29, 1.82) is 0 Å². The van der Waals surface area contributed by atoms with Crippen molar-refractivity contribution in [1.82, 2.24) is 5.32 Å². The van der Waals surface area contributed by atoms with Crippen molar-refractivity contribution in [2.75, 3.05) is 26.8 Å². The molecule has 0 spiro atoms. The second kappa shape index (κ2) is 8.76. The van der Waals surface area contributed by atoms with Gasteiger partial charge in [0.05, 0.1) is 16.7 Å². The van der Waals surface area contributed by atoms with Gasteiger partial charge in [-0.2, -0.15) is 0 Å². The first-order chi connectivity index (χ1) is 8.65. The van der Waals surface area contributed by atoms with Crippen LogP contribution in [0.5, 0.6) is 0 Å². The van der Waals surface area contributed by atoms with Gasteiger partial charge in [-0.3, -0.25) is 0 Å². The first-order valence-electron chi connectivity index (χ1n) is 6.27. The number of hydrogen-bond donors (Lipinski definition) is 1. The molecule has 1 N–H and O–H groups in total. The van der Waals surface area contributed by atoms with Gasteiger partial charge in [0.1, 0.15) is 0 Å². The largest absolute Gasteiger partial charge is 0.383 e. The topological polar surface area (TPSA) is 21.3 Å². The van der Waals surface area contributed by atoms with E-state index < -0.39 is 0 Å². The van der Waals surface area contributed by atoms with Crippen molar-refractivity contribution < 1.29 is 4.74 Å². The van der Waals surface area contributed by atoms with E-state index in [1.54, 1.807) is 7.11 Å². The van der Waals surface area contributed by atoms with E-state index in [1.807, 2.05) is 18.2 Å². The number of nitrogens with one attached hydrogen (secondary N) is 1. The number of aryl methyl sites for hydroxylation is 1. The highest BCUT2D eigenvalue weighted by molar-refractivity contribution is 6.42. The van der Waals surface area contributed by atoms with Crippen LogP contribution in [0.2, 0.25) is 10.0 Å². The van der Waals surface area contributed by atoms with Gasteiger partial charge in [0.25, 0.3) is 0 Å². The summed E-state index contributed by atoms with van der Waals surface area (Å²) in [4.78, 5) is 0. The molecule has 0 bridgehead atoms. The summed E-state index contributed by atoms with van der Waals surface area (Å²) in [7, 11) is 1.71. The smallest absolute Gasteiger partial charge is 0.0624 e. The number of benzene rings is 1. The molecule has 0 amide bonds. The number of rotatable bonds is 8.